The van der Waals surface area contributed by atoms with Crippen molar-refractivity contribution >= 4 is 33.0 Å². The average molecular weight is 422 g/mol. The number of nitrogens with zero attached hydrogens (tertiary/aromatic N) is 1. The van der Waals surface area contributed by atoms with E-state index >= 15 is 0 Å². The van der Waals surface area contributed by atoms with E-state index in [-0.39, 0.29) is 17.2 Å². The second-order valence-electron chi connectivity index (χ2n) is 8.60. The molecule has 2 aromatic rings. The Morgan fingerprint density at radius 3 is 2.33 bits per heavy atom. The molecule has 2 nitrogen and oxygen atoms in total. The van der Waals surface area contributed by atoms with Crippen LogP contribution in [0.4, 0.5) is 0 Å². The van der Waals surface area contributed by atoms with Crippen LogP contribution in [-0.4, -0.2) is 27.2 Å². The molecule has 0 aromatic heterocycles. The molecular formula is C22H29Cl2NOSi. The van der Waals surface area contributed by atoms with Crippen molar-refractivity contribution in [3.8, 4) is 0 Å². The van der Waals surface area contributed by atoms with Gasteiger partial charge >= 0.3 is 0 Å². The third-order valence-corrected chi connectivity index (χ3v) is 6.84. The van der Waals surface area contributed by atoms with Crippen LogP contribution < -0.4 is 0 Å². The summed E-state index contributed by atoms with van der Waals surface area (Å²) in [6, 6.07) is 17.2. The largest absolute Gasteiger partial charge is 0.415 e. The topological polar surface area (TPSA) is 12.2 Å². The first-order chi connectivity index (χ1) is 12.8. The van der Waals surface area contributed by atoms with Crippen LogP contribution in [0.1, 0.15) is 57.4 Å². The first kappa shape index (κ1) is 20.9. The number of rotatable bonds is 7. The van der Waals surface area contributed by atoms with Crippen molar-refractivity contribution in [3.63, 3.8) is 0 Å². The maximum atomic E-state index is 6.69. The maximum absolute atomic E-state index is 6.69. The molecule has 0 amide bonds. The molecule has 2 aromatic carbocycles. The monoisotopic (exact) mass is 421 g/mol. The lowest BCUT2D eigenvalue weighted by Crippen LogP contribution is -2.26. The van der Waals surface area contributed by atoms with E-state index in [9.17, 15) is 0 Å². The van der Waals surface area contributed by atoms with Crippen molar-refractivity contribution < 1.29 is 4.43 Å². The summed E-state index contributed by atoms with van der Waals surface area (Å²) in [4.78, 5) is 2.55. The lowest BCUT2D eigenvalue weighted by atomic mass is 9.95. The third kappa shape index (κ3) is 5.58. The molecule has 4 atom stereocenters. The molecule has 1 aliphatic rings. The van der Waals surface area contributed by atoms with Crippen LogP contribution in [0.15, 0.2) is 48.5 Å². The Morgan fingerprint density at radius 2 is 1.78 bits per heavy atom. The summed E-state index contributed by atoms with van der Waals surface area (Å²) < 4.78 is 6.69. The second kappa shape index (κ2) is 8.67. The summed E-state index contributed by atoms with van der Waals surface area (Å²) in [7, 11) is -0.733. The fourth-order valence-corrected chi connectivity index (χ4v) is 4.87. The first-order valence-corrected chi connectivity index (χ1v) is 11.7. The number of hydrogen-bond donors (Lipinski definition) is 0. The fourth-order valence-electron chi connectivity index (χ4n) is 3.49. The quantitative estimate of drug-likeness (QED) is 0.390. The van der Waals surface area contributed by atoms with Crippen molar-refractivity contribution in [3.05, 3.63) is 69.7 Å². The molecular weight excluding hydrogens is 393 g/mol. The predicted molar refractivity (Wildman–Crippen MR) is 119 cm³/mol. The normalized spacial score (nSPS) is 22.1. The van der Waals surface area contributed by atoms with Crippen molar-refractivity contribution in [2.75, 3.05) is 6.54 Å². The minimum absolute atomic E-state index is 0.0210. The Bertz CT molecular complexity index is 760. The van der Waals surface area contributed by atoms with E-state index in [1.807, 2.05) is 24.3 Å². The third-order valence-electron chi connectivity index (χ3n) is 4.96. The van der Waals surface area contributed by atoms with Crippen LogP contribution >= 0.6 is 23.2 Å². The first-order valence-electron chi connectivity index (χ1n) is 9.67. The van der Waals surface area contributed by atoms with Gasteiger partial charge in [0.1, 0.15) is 0 Å². The Kier molecular flexibility index (Phi) is 6.70. The number of benzene rings is 2. The fraction of sp³-hybridized carbons (Fsp3) is 0.455. The van der Waals surface area contributed by atoms with Crippen molar-refractivity contribution in [1.29, 1.82) is 0 Å². The van der Waals surface area contributed by atoms with Crippen LogP contribution in [0.5, 0.6) is 0 Å². The van der Waals surface area contributed by atoms with Crippen LogP contribution in [0.3, 0.4) is 0 Å². The van der Waals surface area contributed by atoms with E-state index in [1.165, 1.54) is 5.56 Å². The van der Waals surface area contributed by atoms with Gasteiger partial charge in [0.2, 0.25) is 0 Å². The highest BCUT2D eigenvalue weighted by molar-refractivity contribution is 6.32. The molecule has 1 heterocycles. The van der Waals surface area contributed by atoms with Crippen LogP contribution in [0.25, 0.3) is 0 Å². The van der Waals surface area contributed by atoms with Crippen molar-refractivity contribution in [1.82, 2.24) is 4.90 Å². The second-order valence-corrected chi connectivity index (χ2v) is 12.2. The molecule has 3 rings (SSSR count). The zero-order valence-electron chi connectivity index (χ0n) is 16.6. The molecule has 27 heavy (non-hydrogen) atoms. The Hall–Kier alpha value is -0.843. The van der Waals surface area contributed by atoms with Gasteiger partial charge in [0, 0.05) is 22.6 Å². The van der Waals surface area contributed by atoms with Crippen molar-refractivity contribution in [2.24, 2.45) is 0 Å². The highest BCUT2D eigenvalue weighted by atomic mass is 35.5. The molecule has 0 radical (unpaired) electrons. The lowest BCUT2D eigenvalue weighted by Gasteiger charge is -2.32. The summed E-state index contributed by atoms with van der Waals surface area (Å²) in [6.07, 6.45) is 1.13. The van der Waals surface area contributed by atoms with Crippen LogP contribution in [0, 0.1) is 0 Å². The van der Waals surface area contributed by atoms with Crippen LogP contribution in [-0.2, 0) is 4.43 Å². The summed E-state index contributed by atoms with van der Waals surface area (Å²) >= 11 is 12.5. The highest BCUT2D eigenvalue weighted by Crippen LogP contribution is 2.45. The van der Waals surface area contributed by atoms with Gasteiger partial charge in [0.15, 0.2) is 9.76 Å². The molecule has 0 spiro atoms. The van der Waals surface area contributed by atoms with Crippen LogP contribution in [0.2, 0.25) is 15.1 Å². The Balaban J connectivity index is 1.99. The van der Waals surface area contributed by atoms with Gasteiger partial charge in [-0.1, -0.05) is 75.2 Å². The average Bonchev–Trinajstić information content (AvgIpc) is 3.38. The summed E-state index contributed by atoms with van der Waals surface area (Å²) in [5, 5.41) is 1.75. The van der Waals surface area contributed by atoms with Gasteiger partial charge in [-0.05, 0) is 46.9 Å². The smallest absolute Gasteiger partial charge is 0.167 e. The summed E-state index contributed by atoms with van der Waals surface area (Å²) in [5.74, 6) is 0. The van der Waals surface area contributed by atoms with Gasteiger partial charge in [-0.3, -0.25) is 4.90 Å². The van der Waals surface area contributed by atoms with E-state index in [4.69, 9.17) is 27.6 Å². The number of hydrogen-bond acceptors (Lipinski definition) is 2. The molecule has 146 valence electrons. The Morgan fingerprint density at radius 1 is 1.07 bits per heavy atom. The molecule has 0 N–H and O–H groups in total. The van der Waals surface area contributed by atoms with Gasteiger partial charge in [0.05, 0.1) is 12.1 Å². The summed E-state index contributed by atoms with van der Waals surface area (Å²) in [5.41, 5.74) is 2.41. The Labute approximate surface area is 175 Å². The molecule has 0 saturated carbocycles. The summed E-state index contributed by atoms with van der Waals surface area (Å²) in [6.45, 7) is 10.2. The van der Waals surface area contributed by atoms with Gasteiger partial charge in [-0.2, -0.15) is 0 Å². The number of halogens is 2. The van der Waals surface area contributed by atoms with E-state index in [2.05, 4.69) is 56.9 Å². The molecule has 1 fully saturated rings. The SMILES string of the molecule is CC[C@H]1CN1[C@H](c1ccc(Cl)cc1)[C@H](O[SiH2]C(C)(C)C)c1cccc(Cl)c1. The van der Waals surface area contributed by atoms with Gasteiger partial charge in [-0.25, -0.2) is 0 Å². The maximum Gasteiger partial charge on any atom is 0.167 e. The molecule has 0 aliphatic carbocycles. The zero-order valence-corrected chi connectivity index (χ0v) is 19.5. The van der Waals surface area contributed by atoms with Gasteiger partial charge in [0.25, 0.3) is 0 Å². The van der Waals surface area contributed by atoms with Crippen molar-refractivity contribution in [2.45, 2.75) is 57.3 Å². The molecule has 1 aliphatic heterocycles. The minimum Gasteiger partial charge on any atom is -0.415 e. The molecule has 0 bridgehead atoms. The zero-order chi connectivity index (χ0) is 19.6. The van der Waals surface area contributed by atoms with Gasteiger partial charge < -0.3 is 4.43 Å². The molecule has 5 heteroatoms. The highest BCUT2D eigenvalue weighted by Gasteiger charge is 2.43. The predicted octanol–water partition coefficient (Wildman–Crippen LogP) is 6.19. The van der Waals surface area contributed by atoms with E-state index in [0.29, 0.717) is 6.04 Å². The standard InChI is InChI=1S/C22H29Cl2NOSi/c1-5-19-14-25(19)20(15-9-11-17(23)12-10-15)21(26-27-22(2,3)4)16-7-6-8-18(24)13-16/h6-13,19-21H,5,14,27H2,1-4H3/t19-,20+,21+,25?/m0/s1. The van der Waals surface area contributed by atoms with E-state index in [0.717, 1.165) is 28.6 Å². The van der Waals surface area contributed by atoms with Gasteiger partial charge in [-0.15, -0.1) is 0 Å². The molecule has 1 saturated heterocycles. The molecule has 1 unspecified atom stereocenters. The van der Waals surface area contributed by atoms with E-state index < -0.39 is 9.76 Å². The minimum atomic E-state index is -0.733. The lowest BCUT2D eigenvalue weighted by molar-refractivity contribution is 0.119. The van der Waals surface area contributed by atoms with E-state index in [1.54, 1.807) is 0 Å².